The van der Waals surface area contributed by atoms with Crippen LogP contribution in [0.2, 0.25) is 0 Å². The Morgan fingerprint density at radius 3 is 2.35 bits per heavy atom. The second-order valence-corrected chi connectivity index (χ2v) is 6.72. The Morgan fingerprint density at radius 1 is 1.00 bits per heavy atom. The molecule has 0 bridgehead atoms. The number of nitrogens with one attached hydrogen (secondary N) is 1. The fourth-order valence-corrected chi connectivity index (χ4v) is 3.39. The molecule has 0 radical (unpaired) electrons. The number of carbonyl (C=O) groups is 2. The summed E-state index contributed by atoms with van der Waals surface area (Å²) in [6, 6.07) is 7.95. The molecule has 3 rings (SSSR count). The van der Waals surface area contributed by atoms with Gasteiger partial charge in [0.2, 0.25) is 0 Å². The number of allylic oxidation sites excluding steroid dienone is 2. The van der Waals surface area contributed by atoms with E-state index in [9.17, 15) is 9.59 Å². The van der Waals surface area contributed by atoms with Crippen molar-refractivity contribution < 1.29 is 9.59 Å². The van der Waals surface area contributed by atoms with Gasteiger partial charge in [0.05, 0.1) is 10.8 Å². The Labute approximate surface area is 119 Å². The minimum Gasteiger partial charge on any atom is -0.358 e. The Hall–Kier alpha value is -1.90. The summed E-state index contributed by atoms with van der Waals surface area (Å²) in [5.41, 5.74) is 2.07. The first-order valence-electron chi connectivity index (χ1n) is 6.94. The first kappa shape index (κ1) is 13.1. The number of anilines is 1. The molecule has 2 aliphatic rings. The first-order valence-corrected chi connectivity index (χ1v) is 6.94. The molecular formula is C17H19NO2. The first-order chi connectivity index (χ1) is 9.26. The maximum absolute atomic E-state index is 12.7. The lowest BCUT2D eigenvalue weighted by Crippen LogP contribution is -2.51. The maximum atomic E-state index is 12.7. The van der Waals surface area contributed by atoms with E-state index in [2.05, 4.69) is 5.32 Å². The van der Waals surface area contributed by atoms with Gasteiger partial charge in [-0.25, -0.2) is 0 Å². The van der Waals surface area contributed by atoms with Gasteiger partial charge in [-0.1, -0.05) is 18.2 Å². The zero-order valence-corrected chi connectivity index (χ0v) is 12.3. The minimum atomic E-state index is -0.934. The molecule has 3 heteroatoms. The molecule has 0 saturated heterocycles. The third-order valence-electron chi connectivity index (χ3n) is 4.55. The summed E-state index contributed by atoms with van der Waals surface area (Å²) in [5, 5.41) is 3.33. The maximum Gasteiger partial charge on any atom is 0.173 e. The lowest BCUT2D eigenvalue weighted by molar-refractivity contribution is -0.143. The fourth-order valence-electron chi connectivity index (χ4n) is 3.39. The topological polar surface area (TPSA) is 46.2 Å². The Kier molecular flexibility index (Phi) is 2.50. The van der Waals surface area contributed by atoms with E-state index in [1.807, 2.05) is 38.1 Å². The van der Waals surface area contributed by atoms with Crippen molar-refractivity contribution in [2.75, 3.05) is 5.32 Å². The summed E-state index contributed by atoms with van der Waals surface area (Å²) in [7, 11) is 0. The van der Waals surface area contributed by atoms with Crippen molar-refractivity contribution in [2.45, 2.75) is 34.1 Å². The monoisotopic (exact) mass is 269 g/mol. The minimum absolute atomic E-state index is 0.0133. The highest BCUT2D eigenvalue weighted by Gasteiger charge is 2.53. The molecule has 0 fully saturated rings. The van der Waals surface area contributed by atoms with Gasteiger partial charge in [-0.2, -0.15) is 0 Å². The summed E-state index contributed by atoms with van der Waals surface area (Å²) >= 11 is 0. The average molecular weight is 269 g/mol. The highest BCUT2D eigenvalue weighted by atomic mass is 16.2. The predicted octanol–water partition coefficient (Wildman–Crippen LogP) is 3.11. The van der Waals surface area contributed by atoms with Crippen LogP contribution < -0.4 is 5.32 Å². The summed E-state index contributed by atoms with van der Waals surface area (Å²) in [6.45, 7) is 7.28. The molecule has 0 amide bonds. The van der Waals surface area contributed by atoms with Crippen molar-refractivity contribution in [3.05, 3.63) is 41.1 Å². The average Bonchev–Trinajstić information content (AvgIpc) is 2.42. The van der Waals surface area contributed by atoms with E-state index < -0.39 is 10.8 Å². The second kappa shape index (κ2) is 3.81. The zero-order chi connectivity index (χ0) is 14.7. The molecule has 3 nitrogen and oxygen atoms in total. The molecule has 0 aromatic heterocycles. The summed E-state index contributed by atoms with van der Waals surface area (Å²) in [5.74, 6) is -0.0561. The van der Waals surface area contributed by atoms with Gasteiger partial charge in [0.1, 0.15) is 0 Å². The fraction of sp³-hybridized carbons (Fsp3) is 0.412. The third-order valence-corrected chi connectivity index (χ3v) is 4.55. The standard InChI is InChI=1S/C17H19NO2/c1-16(2)13-11(14(19)17(3,4)15(16)20)9-10-7-5-6-8-12(10)18-13/h5-8,18H,9H2,1-4H3. The number of benzene rings is 1. The van der Waals surface area contributed by atoms with Crippen LogP contribution in [-0.2, 0) is 16.0 Å². The normalized spacial score (nSPS) is 23.0. The van der Waals surface area contributed by atoms with Crippen LogP contribution in [0.3, 0.4) is 0 Å². The Balaban J connectivity index is 2.20. The molecule has 1 aromatic carbocycles. The van der Waals surface area contributed by atoms with Gasteiger partial charge in [0.15, 0.2) is 11.6 Å². The molecule has 0 atom stereocenters. The Morgan fingerprint density at radius 2 is 1.65 bits per heavy atom. The van der Waals surface area contributed by atoms with Crippen LogP contribution in [0.1, 0.15) is 33.3 Å². The molecule has 1 aromatic rings. The van der Waals surface area contributed by atoms with E-state index in [0.29, 0.717) is 6.42 Å². The quantitative estimate of drug-likeness (QED) is 0.736. The number of hydrogen-bond donors (Lipinski definition) is 1. The lowest BCUT2D eigenvalue weighted by atomic mass is 9.61. The molecule has 1 aliphatic heterocycles. The lowest BCUT2D eigenvalue weighted by Gasteiger charge is -2.43. The number of hydrogen-bond acceptors (Lipinski definition) is 3. The van der Waals surface area contributed by atoms with Gasteiger partial charge in [0.25, 0.3) is 0 Å². The molecule has 1 N–H and O–H groups in total. The van der Waals surface area contributed by atoms with Gasteiger partial charge < -0.3 is 5.32 Å². The van der Waals surface area contributed by atoms with Crippen LogP contribution >= 0.6 is 0 Å². The van der Waals surface area contributed by atoms with Crippen LogP contribution in [0.25, 0.3) is 0 Å². The van der Waals surface area contributed by atoms with E-state index in [1.54, 1.807) is 13.8 Å². The number of fused-ring (bicyclic) bond motifs is 1. The number of para-hydroxylation sites is 1. The molecule has 1 aliphatic carbocycles. The summed E-state index contributed by atoms with van der Waals surface area (Å²) in [4.78, 5) is 25.3. The predicted molar refractivity (Wildman–Crippen MR) is 78.4 cm³/mol. The number of ketones is 2. The van der Waals surface area contributed by atoms with Crippen molar-refractivity contribution in [3.8, 4) is 0 Å². The van der Waals surface area contributed by atoms with E-state index >= 15 is 0 Å². The van der Waals surface area contributed by atoms with Gasteiger partial charge >= 0.3 is 0 Å². The summed E-state index contributed by atoms with van der Waals surface area (Å²) < 4.78 is 0. The molecule has 20 heavy (non-hydrogen) atoms. The molecule has 104 valence electrons. The van der Waals surface area contributed by atoms with Gasteiger partial charge in [-0.3, -0.25) is 9.59 Å². The van der Waals surface area contributed by atoms with Crippen LogP contribution in [0.15, 0.2) is 35.5 Å². The zero-order valence-electron chi connectivity index (χ0n) is 12.3. The van der Waals surface area contributed by atoms with E-state index in [0.717, 1.165) is 22.5 Å². The molecule has 0 unspecified atom stereocenters. The van der Waals surface area contributed by atoms with Gasteiger partial charge in [0, 0.05) is 23.4 Å². The second-order valence-electron chi connectivity index (χ2n) is 6.72. The van der Waals surface area contributed by atoms with Crippen molar-refractivity contribution >= 4 is 17.3 Å². The number of rotatable bonds is 0. The number of Topliss-reactive ketones (excluding diaryl/α,β-unsaturated/α-hetero) is 2. The van der Waals surface area contributed by atoms with Crippen molar-refractivity contribution in [1.29, 1.82) is 0 Å². The molecule has 0 saturated carbocycles. The Bertz CT molecular complexity index is 665. The van der Waals surface area contributed by atoms with E-state index in [-0.39, 0.29) is 11.6 Å². The van der Waals surface area contributed by atoms with Crippen LogP contribution in [0.4, 0.5) is 5.69 Å². The SMILES string of the molecule is CC1(C)C(=O)C2=C(Nc3ccccc3C2)C(C)(C)C1=O. The number of carbonyl (C=O) groups excluding carboxylic acids is 2. The van der Waals surface area contributed by atoms with E-state index in [1.165, 1.54) is 0 Å². The van der Waals surface area contributed by atoms with Crippen LogP contribution in [0, 0.1) is 10.8 Å². The highest BCUT2D eigenvalue weighted by Crippen LogP contribution is 2.47. The van der Waals surface area contributed by atoms with E-state index in [4.69, 9.17) is 0 Å². The van der Waals surface area contributed by atoms with Gasteiger partial charge in [-0.15, -0.1) is 0 Å². The largest absolute Gasteiger partial charge is 0.358 e. The van der Waals surface area contributed by atoms with Crippen molar-refractivity contribution in [1.82, 2.24) is 0 Å². The highest BCUT2D eigenvalue weighted by molar-refractivity contribution is 6.20. The molecular weight excluding hydrogens is 250 g/mol. The van der Waals surface area contributed by atoms with Crippen molar-refractivity contribution in [3.63, 3.8) is 0 Å². The van der Waals surface area contributed by atoms with Crippen molar-refractivity contribution in [2.24, 2.45) is 10.8 Å². The molecule has 0 spiro atoms. The summed E-state index contributed by atoms with van der Waals surface area (Å²) in [6.07, 6.45) is 0.609. The molecule has 1 heterocycles. The van der Waals surface area contributed by atoms with Crippen LogP contribution in [-0.4, -0.2) is 11.6 Å². The van der Waals surface area contributed by atoms with Gasteiger partial charge in [-0.05, 0) is 39.3 Å². The van der Waals surface area contributed by atoms with Crippen LogP contribution in [0.5, 0.6) is 0 Å². The smallest absolute Gasteiger partial charge is 0.173 e. The third kappa shape index (κ3) is 1.52.